The summed E-state index contributed by atoms with van der Waals surface area (Å²) in [5.41, 5.74) is -0.114. The van der Waals surface area contributed by atoms with Gasteiger partial charge in [-0.05, 0) is 19.9 Å². The van der Waals surface area contributed by atoms with Crippen molar-refractivity contribution >= 4 is 28.0 Å². The number of ether oxygens (including phenoxy) is 1. The second-order valence-corrected chi connectivity index (χ2v) is 7.88. The number of carbonyl (C=O) groups excluding carboxylic acids is 3. The number of allylic oxidation sites excluding steroid dienone is 1. The van der Waals surface area contributed by atoms with Crippen molar-refractivity contribution in [2.45, 2.75) is 30.0 Å². The SMILES string of the molecule is C=CCOC(=O)[C@@H]1N2C(=O)/C(=C\C=O)[C@H]2S(=O)(=O)C1(C)C. The molecule has 0 aromatic heterocycles. The van der Waals surface area contributed by atoms with Gasteiger partial charge in [-0.2, -0.15) is 0 Å². The number of β-lactam (4-membered cyclic amide) rings is 1. The molecule has 0 radical (unpaired) electrons. The van der Waals surface area contributed by atoms with Gasteiger partial charge in [0.15, 0.2) is 21.3 Å². The molecule has 7 nitrogen and oxygen atoms in total. The third-order valence-corrected chi connectivity index (χ3v) is 6.54. The molecule has 21 heavy (non-hydrogen) atoms. The molecular weight excluding hydrogens is 298 g/mol. The maximum Gasteiger partial charge on any atom is 0.330 e. The van der Waals surface area contributed by atoms with Gasteiger partial charge >= 0.3 is 5.97 Å². The number of nitrogens with zero attached hydrogens (tertiary/aromatic N) is 1. The highest BCUT2D eigenvalue weighted by atomic mass is 32.2. The minimum Gasteiger partial charge on any atom is -0.460 e. The van der Waals surface area contributed by atoms with Gasteiger partial charge in [0.25, 0.3) is 5.91 Å². The summed E-state index contributed by atoms with van der Waals surface area (Å²) in [5.74, 6) is -1.44. The van der Waals surface area contributed by atoms with Crippen LogP contribution in [-0.2, 0) is 29.0 Å². The number of fused-ring (bicyclic) bond motifs is 1. The number of aldehydes is 1. The number of amides is 1. The van der Waals surface area contributed by atoms with Crippen molar-refractivity contribution in [1.29, 1.82) is 0 Å². The van der Waals surface area contributed by atoms with Gasteiger partial charge in [-0.25, -0.2) is 13.2 Å². The number of rotatable bonds is 4. The van der Waals surface area contributed by atoms with Crippen LogP contribution < -0.4 is 0 Å². The molecule has 2 fully saturated rings. The molecule has 2 rings (SSSR count). The van der Waals surface area contributed by atoms with Gasteiger partial charge in [0.05, 0.1) is 5.57 Å². The Balaban J connectivity index is 2.47. The third-order valence-electron chi connectivity index (χ3n) is 3.78. The lowest BCUT2D eigenvalue weighted by Crippen LogP contribution is -2.59. The minimum atomic E-state index is -3.84. The molecular formula is C13H15NO6S. The number of hydrogen-bond acceptors (Lipinski definition) is 6. The average Bonchev–Trinajstić information content (AvgIpc) is 2.55. The first kappa shape index (κ1) is 15.4. The second-order valence-electron chi connectivity index (χ2n) is 5.29. The van der Waals surface area contributed by atoms with E-state index in [0.717, 1.165) is 11.0 Å². The molecule has 0 unspecified atom stereocenters. The van der Waals surface area contributed by atoms with Gasteiger partial charge in [-0.1, -0.05) is 12.7 Å². The summed E-state index contributed by atoms with van der Waals surface area (Å²) in [7, 11) is -3.84. The van der Waals surface area contributed by atoms with Crippen LogP contribution >= 0.6 is 0 Å². The molecule has 8 heteroatoms. The van der Waals surface area contributed by atoms with E-state index in [9.17, 15) is 22.8 Å². The van der Waals surface area contributed by atoms with Crippen LogP contribution in [0, 0.1) is 0 Å². The van der Waals surface area contributed by atoms with Crippen molar-refractivity contribution in [3.63, 3.8) is 0 Å². The van der Waals surface area contributed by atoms with Crippen LogP contribution in [0.15, 0.2) is 24.3 Å². The topological polar surface area (TPSA) is 97.8 Å². The van der Waals surface area contributed by atoms with Gasteiger partial charge in [0.2, 0.25) is 0 Å². The van der Waals surface area contributed by atoms with E-state index < -0.39 is 37.9 Å². The van der Waals surface area contributed by atoms with Crippen LogP contribution in [0.4, 0.5) is 0 Å². The summed E-state index contributed by atoms with van der Waals surface area (Å²) in [5, 5.41) is -1.26. The van der Waals surface area contributed by atoms with E-state index in [1.165, 1.54) is 19.9 Å². The molecule has 2 atom stereocenters. The maximum absolute atomic E-state index is 12.5. The number of hydrogen-bond donors (Lipinski definition) is 0. The van der Waals surface area contributed by atoms with Crippen LogP contribution in [0.25, 0.3) is 0 Å². The van der Waals surface area contributed by atoms with Gasteiger partial charge in [-0.15, -0.1) is 0 Å². The Kier molecular flexibility index (Phi) is 3.53. The maximum atomic E-state index is 12.5. The summed E-state index contributed by atoms with van der Waals surface area (Å²) >= 11 is 0. The van der Waals surface area contributed by atoms with E-state index in [2.05, 4.69) is 6.58 Å². The van der Waals surface area contributed by atoms with Crippen molar-refractivity contribution in [2.24, 2.45) is 0 Å². The summed E-state index contributed by atoms with van der Waals surface area (Å²) in [6, 6.07) is -1.23. The Morgan fingerprint density at radius 2 is 2.10 bits per heavy atom. The monoisotopic (exact) mass is 313 g/mol. The molecule has 0 aromatic carbocycles. The lowest BCUT2D eigenvalue weighted by Gasteiger charge is -2.38. The van der Waals surface area contributed by atoms with E-state index in [0.29, 0.717) is 6.29 Å². The Labute approximate surface area is 122 Å². The normalized spacial score (nSPS) is 30.5. The van der Waals surface area contributed by atoms with Crippen LogP contribution in [0.2, 0.25) is 0 Å². The van der Waals surface area contributed by atoms with Gasteiger partial charge in [-0.3, -0.25) is 9.59 Å². The lowest BCUT2D eigenvalue weighted by atomic mass is 9.95. The van der Waals surface area contributed by atoms with Gasteiger partial charge in [0.1, 0.15) is 17.6 Å². The smallest absolute Gasteiger partial charge is 0.330 e. The van der Waals surface area contributed by atoms with Gasteiger partial charge < -0.3 is 9.64 Å². The Morgan fingerprint density at radius 3 is 2.62 bits per heavy atom. The zero-order chi connectivity index (χ0) is 16.0. The molecule has 1 amide bonds. The van der Waals surface area contributed by atoms with Crippen LogP contribution in [0.5, 0.6) is 0 Å². The summed E-state index contributed by atoms with van der Waals surface area (Å²) in [6.07, 6.45) is 2.63. The first-order valence-electron chi connectivity index (χ1n) is 6.20. The molecule has 0 saturated carbocycles. The number of esters is 1. The largest absolute Gasteiger partial charge is 0.460 e. The molecule has 0 spiro atoms. The molecule has 2 saturated heterocycles. The second kappa shape index (κ2) is 4.80. The molecule has 0 bridgehead atoms. The third kappa shape index (κ3) is 1.85. The molecule has 0 N–H and O–H groups in total. The van der Waals surface area contributed by atoms with Crippen molar-refractivity contribution in [1.82, 2.24) is 4.90 Å². The highest BCUT2D eigenvalue weighted by molar-refractivity contribution is 7.94. The zero-order valence-corrected chi connectivity index (χ0v) is 12.4. The van der Waals surface area contributed by atoms with Crippen LogP contribution in [0.1, 0.15) is 13.8 Å². The summed E-state index contributed by atoms with van der Waals surface area (Å²) < 4.78 is 28.4. The molecule has 2 heterocycles. The minimum absolute atomic E-state index is 0.0742. The summed E-state index contributed by atoms with van der Waals surface area (Å²) in [6.45, 7) is 6.06. The molecule has 2 aliphatic heterocycles. The van der Waals surface area contributed by atoms with E-state index in [1.807, 2.05) is 0 Å². The molecule has 0 aromatic rings. The number of carbonyl (C=O) groups is 3. The van der Waals surface area contributed by atoms with E-state index in [1.54, 1.807) is 0 Å². The zero-order valence-electron chi connectivity index (χ0n) is 11.6. The quantitative estimate of drug-likeness (QED) is 0.230. The first-order chi connectivity index (χ1) is 9.71. The average molecular weight is 313 g/mol. The molecule has 114 valence electrons. The highest BCUT2D eigenvalue weighted by Gasteiger charge is 2.70. The van der Waals surface area contributed by atoms with Crippen molar-refractivity contribution < 1.29 is 27.5 Å². The predicted molar refractivity (Wildman–Crippen MR) is 72.7 cm³/mol. The summed E-state index contributed by atoms with van der Waals surface area (Å²) in [4.78, 5) is 35.6. The molecule has 0 aliphatic carbocycles. The van der Waals surface area contributed by atoms with Crippen molar-refractivity contribution in [3.05, 3.63) is 24.3 Å². The Morgan fingerprint density at radius 1 is 1.48 bits per heavy atom. The first-order valence-corrected chi connectivity index (χ1v) is 7.75. The van der Waals surface area contributed by atoms with E-state index in [4.69, 9.17) is 4.74 Å². The van der Waals surface area contributed by atoms with Crippen molar-refractivity contribution in [2.75, 3.05) is 6.61 Å². The fraction of sp³-hybridized carbons (Fsp3) is 0.462. The fourth-order valence-electron chi connectivity index (χ4n) is 2.64. The Bertz CT molecular complexity index is 660. The lowest BCUT2D eigenvalue weighted by molar-refractivity contribution is -0.156. The highest BCUT2D eigenvalue weighted by Crippen LogP contribution is 2.48. The fourth-order valence-corrected chi connectivity index (χ4v) is 4.76. The van der Waals surface area contributed by atoms with Gasteiger partial charge in [0, 0.05) is 0 Å². The van der Waals surface area contributed by atoms with Crippen LogP contribution in [0.3, 0.4) is 0 Å². The molecule has 2 aliphatic rings. The van der Waals surface area contributed by atoms with E-state index in [-0.39, 0.29) is 12.2 Å². The van der Waals surface area contributed by atoms with E-state index >= 15 is 0 Å². The standard InChI is InChI=1S/C13H15NO6S/c1-4-7-20-12(17)9-13(2,3)21(18,19)11-8(5-6-15)10(16)14(9)11/h4-6,9,11H,1,7H2,2-3H3/b8-5+/t9-,11+/m0/s1. The number of sulfone groups is 1. The Hall–Kier alpha value is -1.96. The van der Waals surface area contributed by atoms with Crippen LogP contribution in [-0.4, -0.2) is 54.2 Å². The predicted octanol–water partition coefficient (Wildman–Crippen LogP) is -0.415. The van der Waals surface area contributed by atoms with Crippen molar-refractivity contribution in [3.8, 4) is 0 Å².